The molecule has 1 atom stereocenters. The van der Waals surface area contributed by atoms with E-state index < -0.39 is 5.82 Å². The molecular weight excluding hydrogens is 265 g/mol. The van der Waals surface area contributed by atoms with Crippen LogP contribution in [0.1, 0.15) is 37.8 Å². The fourth-order valence-corrected chi connectivity index (χ4v) is 2.86. The maximum Gasteiger partial charge on any atom is 0.140 e. The van der Waals surface area contributed by atoms with Gasteiger partial charge in [-0.25, -0.2) is 4.39 Å². The lowest BCUT2D eigenvalue weighted by molar-refractivity contribution is 0.164. The Balaban J connectivity index is 2.03. The van der Waals surface area contributed by atoms with Crippen LogP contribution >= 0.6 is 0 Å². The Bertz CT molecular complexity index is 501. The fraction of sp³-hybridized carbons (Fsp3) is 0.588. The van der Waals surface area contributed by atoms with E-state index in [1.54, 1.807) is 12.1 Å². The molecule has 0 aromatic heterocycles. The van der Waals surface area contributed by atoms with Crippen molar-refractivity contribution < 1.29 is 4.39 Å². The van der Waals surface area contributed by atoms with Gasteiger partial charge in [0.25, 0.3) is 0 Å². The first-order valence-electron chi connectivity index (χ1n) is 7.73. The standard InChI is InChI=1S/C17H24FN3/c1-13(2)21(12-15-4-3-7-20-10-15)11-14-5-6-17(18)16(8-14)9-19/h5-6,8,13,15,20H,3-4,7,10-12H2,1-2H3. The van der Waals surface area contributed by atoms with Crippen LogP contribution in [-0.2, 0) is 6.54 Å². The summed E-state index contributed by atoms with van der Waals surface area (Å²) in [4.78, 5) is 2.41. The number of rotatable bonds is 5. The van der Waals surface area contributed by atoms with Gasteiger partial charge in [-0.15, -0.1) is 0 Å². The van der Waals surface area contributed by atoms with Crippen LogP contribution < -0.4 is 5.32 Å². The second-order valence-corrected chi connectivity index (χ2v) is 6.16. The minimum absolute atomic E-state index is 0.135. The molecule has 1 aliphatic rings. The van der Waals surface area contributed by atoms with E-state index in [4.69, 9.17) is 5.26 Å². The molecule has 2 rings (SSSR count). The van der Waals surface area contributed by atoms with Crippen molar-refractivity contribution in [1.82, 2.24) is 10.2 Å². The van der Waals surface area contributed by atoms with Gasteiger partial charge in [-0.05, 0) is 63.4 Å². The average Bonchev–Trinajstić information content (AvgIpc) is 2.49. The summed E-state index contributed by atoms with van der Waals surface area (Å²) in [7, 11) is 0. The predicted molar refractivity (Wildman–Crippen MR) is 82.3 cm³/mol. The van der Waals surface area contributed by atoms with E-state index in [9.17, 15) is 4.39 Å². The lowest BCUT2D eigenvalue weighted by atomic mass is 9.98. The van der Waals surface area contributed by atoms with Crippen molar-refractivity contribution in [2.24, 2.45) is 5.92 Å². The molecule has 3 nitrogen and oxygen atoms in total. The predicted octanol–water partition coefficient (Wildman–Crippen LogP) is 2.91. The average molecular weight is 289 g/mol. The highest BCUT2D eigenvalue weighted by atomic mass is 19.1. The van der Waals surface area contributed by atoms with Crippen LogP contribution in [0.5, 0.6) is 0 Å². The van der Waals surface area contributed by atoms with Crippen molar-refractivity contribution in [3.05, 3.63) is 35.1 Å². The molecular formula is C17H24FN3. The smallest absolute Gasteiger partial charge is 0.140 e. The van der Waals surface area contributed by atoms with Crippen LogP contribution in [0.15, 0.2) is 18.2 Å². The van der Waals surface area contributed by atoms with E-state index in [0.29, 0.717) is 12.0 Å². The Labute approximate surface area is 126 Å². The van der Waals surface area contributed by atoms with Gasteiger partial charge in [-0.1, -0.05) is 6.07 Å². The number of benzene rings is 1. The van der Waals surface area contributed by atoms with Gasteiger partial charge >= 0.3 is 0 Å². The monoisotopic (exact) mass is 289 g/mol. The van der Waals surface area contributed by atoms with Gasteiger partial charge in [0.15, 0.2) is 0 Å². The molecule has 0 radical (unpaired) electrons. The minimum Gasteiger partial charge on any atom is -0.316 e. The Morgan fingerprint density at radius 3 is 2.90 bits per heavy atom. The molecule has 0 spiro atoms. The summed E-state index contributed by atoms with van der Waals surface area (Å²) in [6.45, 7) is 8.39. The van der Waals surface area contributed by atoms with E-state index in [2.05, 4.69) is 24.1 Å². The quantitative estimate of drug-likeness (QED) is 0.906. The molecule has 114 valence electrons. The van der Waals surface area contributed by atoms with E-state index in [0.717, 1.165) is 31.7 Å². The molecule has 4 heteroatoms. The van der Waals surface area contributed by atoms with Gasteiger partial charge < -0.3 is 5.32 Å². The lowest BCUT2D eigenvalue weighted by Crippen LogP contribution is -2.40. The maximum atomic E-state index is 13.4. The molecule has 0 saturated carbocycles. The molecule has 1 N–H and O–H groups in total. The first-order valence-corrected chi connectivity index (χ1v) is 7.73. The third kappa shape index (κ3) is 4.52. The zero-order valence-corrected chi connectivity index (χ0v) is 12.9. The first-order chi connectivity index (χ1) is 10.1. The molecule has 0 aliphatic carbocycles. The van der Waals surface area contributed by atoms with Crippen molar-refractivity contribution in [1.29, 1.82) is 5.26 Å². The lowest BCUT2D eigenvalue weighted by Gasteiger charge is -2.32. The molecule has 1 aliphatic heterocycles. The number of nitrogens with one attached hydrogen (secondary N) is 1. The Morgan fingerprint density at radius 1 is 1.48 bits per heavy atom. The van der Waals surface area contributed by atoms with Crippen LogP contribution in [0.4, 0.5) is 4.39 Å². The van der Waals surface area contributed by atoms with E-state index in [-0.39, 0.29) is 5.56 Å². The maximum absolute atomic E-state index is 13.4. The minimum atomic E-state index is -0.436. The number of hydrogen-bond donors (Lipinski definition) is 1. The number of hydrogen-bond acceptors (Lipinski definition) is 3. The van der Waals surface area contributed by atoms with Gasteiger partial charge in [0.2, 0.25) is 0 Å². The summed E-state index contributed by atoms with van der Waals surface area (Å²) in [5, 5.41) is 12.4. The summed E-state index contributed by atoms with van der Waals surface area (Å²) in [5.74, 6) is 0.242. The molecule has 0 bridgehead atoms. The first kappa shape index (κ1) is 15.9. The number of halogens is 1. The van der Waals surface area contributed by atoms with Gasteiger partial charge in [-0.3, -0.25) is 4.90 Å². The highest BCUT2D eigenvalue weighted by Crippen LogP contribution is 2.17. The van der Waals surface area contributed by atoms with Crippen molar-refractivity contribution in [2.75, 3.05) is 19.6 Å². The topological polar surface area (TPSA) is 39.1 Å². The molecule has 21 heavy (non-hydrogen) atoms. The SMILES string of the molecule is CC(C)N(Cc1ccc(F)c(C#N)c1)CC1CCCNC1. The largest absolute Gasteiger partial charge is 0.316 e. The molecule has 0 amide bonds. The van der Waals surface area contributed by atoms with Crippen molar-refractivity contribution in [2.45, 2.75) is 39.3 Å². The zero-order valence-electron chi connectivity index (χ0n) is 12.9. The Kier molecular flexibility index (Phi) is 5.72. The third-order valence-corrected chi connectivity index (χ3v) is 4.16. The van der Waals surface area contributed by atoms with Gasteiger partial charge in [0.05, 0.1) is 5.56 Å². The van der Waals surface area contributed by atoms with Crippen molar-refractivity contribution in [3.63, 3.8) is 0 Å². The van der Waals surface area contributed by atoms with Crippen LogP contribution in [0.3, 0.4) is 0 Å². The van der Waals surface area contributed by atoms with E-state index in [1.165, 1.54) is 18.9 Å². The summed E-state index contributed by atoms with van der Waals surface area (Å²) < 4.78 is 13.4. The normalized spacial score (nSPS) is 19.0. The van der Waals surface area contributed by atoms with Crippen LogP contribution in [-0.4, -0.2) is 30.6 Å². The molecule has 1 fully saturated rings. The van der Waals surface area contributed by atoms with Crippen molar-refractivity contribution in [3.8, 4) is 6.07 Å². The van der Waals surface area contributed by atoms with Crippen LogP contribution in [0.25, 0.3) is 0 Å². The third-order valence-electron chi connectivity index (χ3n) is 4.16. The van der Waals surface area contributed by atoms with Crippen LogP contribution in [0.2, 0.25) is 0 Å². The molecule has 1 heterocycles. The van der Waals surface area contributed by atoms with E-state index >= 15 is 0 Å². The second-order valence-electron chi connectivity index (χ2n) is 6.16. The van der Waals surface area contributed by atoms with Gasteiger partial charge in [0.1, 0.15) is 11.9 Å². The second kappa shape index (κ2) is 7.53. The molecule has 1 aromatic carbocycles. The highest BCUT2D eigenvalue weighted by molar-refractivity contribution is 5.34. The Morgan fingerprint density at radius 2 is 2.29 bits per heavy atom. The summed E-state index contributed by atoms with van der Waals surface area (Å²) in [6.07, 6.45) is 2.51. The summed E-state index contributed by atoms with van der Waals surface area (Å²) in [6, 6.07) is 7.20. The highest BCUT2D eigenvalue weighted by Gasteiger charge is 2.19. The summed E-state index contributed by atoms with van der Waals surface area (Å²) in [5.41, 5.74) is 1.14. The summed E-state index contributed by atoms with van der Waals surface area (Å²) >= 11 is 0. The molecule has 1 unspecified atom stereocenters. The molecule has 1 saturated heterocycles. The van der Waals surface area contributed by atoms with Gasteiger partial charge in [0, 0.05) is 19.1 Å². The van der Waals surface area contributed by atoms with Crippen LogP contribution in [0, 0.1) is 23.1 Å². The van der Waals surface area contributed by atoms with Gasteiger partial charge in [-0.2, -0.15) is 5.26 Å². The van der Waals surface area contributed by atoms with E-state index in [1.807, 2.05) is 6.07 Å². The Hall–Kier alpha value is -1.44. The number of nitriles is 1. The zero-order chi connectivity index (χ0) is 15.2. The van der Waals surface area contributed by atoms with Crippen molar-refractivity contribution >= 4 is 0 Å². The number of nitrogens with zero attached hydrogens (tertiary/aromatic N) is 2. The number of piperidine rings is 1. The molecule has 1 aromatic rings. The fourth-order valence-electron chi connectivity index (χ4n) is 2.86.